The molecule has 1 rings (SSSR count). The van der Waals surface area contributed by atoms with Crippen molar-refractivity contribution in [3.8, 4) is 0 Å². The quantitative estimate of drug-likeness (QED) is 0.731. The maximum Gasteiger partial charge on any atom is 0.0325 e. The molecule has 1 aromatic rings. The molecule has 0 spiro atoms. The van der Waals surface area contributed by atoms with Gasteiger partial charge < -0.3 is 5.32 Å². The molecule has 0 amide bonds. The van der Waals surface area contributed by atoms with E-state index in [1.165, 1.54) is 36.0 Å². The summed E-state index contributed by atoms with van der Waals surface area (Å²) in [7, 11) is 0. The van der Waals surface area contributed by atoms with Crippen molar-refractivity contribution >= 4 is 0 Å². The Kier molecular flexibility index (Phi) is 6.42. The Bertz CT molecular complexity index is 334. The topological polar surface area (TPSA) is 12.0 Å². The minimum atomic E-state index is 0.523. The Hall–Kier alpha value is -0.820. The standard InChI is InChI=1S/C17H29N/c1-6-18-16(12-7-9-13(2)3)17-14(4)10-8-11-15(17)5/h8,10-11,13,16,18H,6-7,9,12H2,1-5H3. The number of benzene rings is 1. The van der Waals surface area contributed by atoms with Gasteiger partial charge in [-0.25, -0.2) is 0 Å². The van der Waals surface area contributed by atoms with Crippen LogP contribution in [0.25, 0.3) is 0 Å². The Morgan fingerprint density at radius 3 is 2.17 bits per heavy atom. The van der Waals surface area contributed by atoms with Gasteiger partial charge in [-0.3, -0.25) is 0 Å². The molecule has 0 heterocycles. The van der Waals surface area contributed by atoms with E-state index in [4.69, 9.17) is 0 Å². The fourth-order valence-corrected chi connectivity index (χ4v) is 2.70. The number of rotatable bonds is 7. The fourth-order valence-electron chi connectivity index (χ4n) is 2.70. The van der Waals surface area contributed by atoms with Crippen LogP contribution in [0.5, 0.6) is 0 Å². The molecule has 1 heteroatoms. The van der Waals surface area contributed by atoms with Crippen LogP contribution in [0, 0.1) is 19.8 Å². The van der Waals surface area contributed by atoms with Crippen molar-refractivity contribution in [1.29, 1.82) is 0 Å². The predicted octanol–water partition coefficient (Wildman–Crippen LogP) is 4.78. The second-order valence-corrected chi connectivity index (χ2v) is 5.74. The lowest BCUT2D eigenvalue weighted by molar-refractivity contribution is 0.453. The van der Waals surface area contributed by atoms with Gasteiger partial charge in [0.25, 0.3) is 0 Å². The van der Waals surface area contributed by atoms with Crippen molar-refractivity contribution in [3.63, 3.8) is 0 Å². The second kappa shape index (κ2) is 7.58. The first-order valence-electron chi connectivity index (χ1n) is 7.35. The van der Waals surface area contributed by atoms with Gasteiger partial charge in [0.05, 0.1) is 0 Å². The van der Waals surface area contributed by atoms with Gasteiger partial charge in [-0.15, -0.1) is 0 Å². The molecule has 0 aliphatic rings. The maximum atomic E-state index is 3.65. The smallest absolute Gasteiger partial charge is 0.0325 e. The van der Waals surface area contributed by atoms with Crippen LogP contribution < -0.4 is 5.32 Å². The zero-order valence-corrected chi connectivity index (χ0v) is 12.7. The lowest BCUT2D eigenvalue weighted by Gasteiger charge is -2.23. The van der Waals surface area contributed by atoms with Gasteiger partial charge in [-0.05, 0) is 49.4 Å². The van der Waals surface area contributed by atoms with Gasteiger partial charge in [-0.1, -0.05) is 51.8 Å². The van der Waals surface area contributed by atoms with Gasteiger partial charge in [0, 0.05) is 6.04 Å². The lowest BCUT2D eigenvalue weighted by Crippen LogP contribution is -2.22. The van der Waals surface area contributed by atoms with Gasteiger partial charge in [0.1, 0.15) is 0 Å². The molecular formula is C17H29N. The average Bonchev–Trinajstić information content (AvgIpc) is 2.28. The summed E-state index contributed by atoms with van der Waals surface area (Å²) >= 11 is 0. The van der Waals surface area contributed by atoms with Gasteiger partial charge in [0.15, 0.2) is 0 Å². The van der Waals surface area contributed by atoms with Crippen molar-refractivity contribution in [2.45, 2.75) is 59.9 Å². The van der Waals surface area contributed by atoms with Crippen LogP contribution in [-0.4, -0.2) is 6.54 Å². The molecule has 1 atom stereocenters. The van der Waals surface area contributed by atoms with Crippen LogP contribution in [0.4, 0.5) is 0 Å². The van der Waals surface area contributed by atoms with E-state index in [1.54, 1.807) is 0 Å². The monoisotopic (exact) mass is 247 g/mol. The molecule has 102 valence electrons. The summed E-state index contributed by atoms with van der Waals surface area (Å²) in [6.45, 7) is 12.3. The third kappa shape index (κ3) is 4.45. The van der Waals surface area contributed by atoms with E-state index in [9.17, 15) is 0 Å². The van der Waals surface area contributed by atoms with Crippen molar-refractivity contribution in [2.24, 2.45) is 5.92 Å². The van der Waals surface area contributed by atoms with Crippen LogP contribution in [-0.2, 0) is 0 Å². The summed E-state index contributed by atoms with van der Waals surface area (Å²) in [5.74, 6) is 0.810. The number of aryl methyl sites for hydroxylation is 2. The summed E-state index contributed by atoms with van der Waals surface area (Å²) in [6, 6.07) is 7.14. The Balaban J connectivity index is 2.77. The molecule has 1 nitrogen and oxygen atoms in total. The molecule has 1 aromatic carbocycles. The first-order valence-corrected chi connectivity index (χ1v) is 7.35. The molecule has 1 unspecified atom stereocenters. The van der Waals surface area contributed by atoms with E-state index in [0.717, 1.165) is 12.5 Å². The molecule has 1 N–H and O–H groups in total. The highest BCUT2D eigenvalue weighted by atomic mass is 14.9. The third-order valence-electron chi connectivity index (χ3n) is 3.62. The van der Waals surface area contributed by atoms with Crippen LogP contribution in [0.2, 0.25) is 0 Å². The van der Waals surface area contributed by atoms with Crippen LogP contribution in [0.15, 0.2) is 18.2 Å². The van der Waals surface area contributed by atoms with E-state index in [0.29, 0.717) is 6.04 Å². The normalized spacial score (nSPS) is 13.0. The van der Waals surface area contributed by atoms with E-state index in [1.807, 2.05) is 0 Å². The van der Waals surface area contributed by atoms with Gasteiger partial charge in [0.2, 0.25) is 0 Å². The molecule has 0 fully saturated rings. The predicted molar refractivity (Wildman–Crippen MR) is 81.0 cm³/mol. The zero-order valence-electron chi connectivity index (χ0n) is 12.7. The number of nitrogens with one attached hydrogen (secondary N) is 1. The highest BCUT2D eigenvalue weighted by molar-refractivity contribution is 5.36. The summed E-state index contributed by atoms with van der Waals surface area (Å²) in [4.78, 5) is 0. The first-order chi connectivity index (χ1) is 8.56. The van der Waals surface area contributed by atoms with Crippen molar-refractivity contribution < 1.29 is 0 Å². The highest BCUT2D eigenvalue weighted by Gasteiger charge is 2.14. The number of hydrogen-bond acceptors (Lipinski definition) is 1. The van der Waals surface area contributed by atoms with Crippen LogP contribution in [0.3, 0.4) is 0 Å². The van der Waals surface area contributed by atoms with Crippen LogP contribution >= 0.6 is 0 Å². The van der Waals surface area contributed by atoms with E-state index < -0.39 is 0 Å². The van der Waals surface area contributed by atoms with E-state index in [2.05, 4.69) is 58.1 Å². The minimum absolute atomic E-state index is 0.523. The van der Waals surface area contributed by atoms with Gasteiger partial charge >= 0.3 is 0 Å². The largest absolute Gasteiger partial charge is 0.310 e. The lowest BCUT2D eigenvalue weighted by atomic mass is 9.91. The van der Waals surface area contributed by atoms with Crippen molar-refractivity contribution in [3.05, 3.63) is 34.9 Å². The molecule has 0 aliphatic carbocycles. The number of hydrogen-bond donors (Lipinski definition) is 1. The van der Waals surface area contributed by atoms with E-state index in [-0.39, 0.29) is 0 Å². The van der Waals surface area contributed by atoms with Gasteiger partial charge in [-0.2, -0.15) is 0 Å². The van der Waals surface area contributed by atoms with E-state index >= 15 is 0 Å². The average molecular weight is 247 g/mol. The molecular weight excluding hydrogens is 218 g/mol. The Morgan fingerprint density at radius 1 is 1.06 bits per heavy atom. The molecule has 0 saturated carbocycles. The highest BCUT2D eigenvalue weighted by Crippen LogP contribution is 2.26. The summed E-state index contributed by atoms with van der Waals surface area (Å²) in [5, 5.41) is 3.65. The van der Waals surface area contributed by atoms with Crippen molar-refractivity contribution in [2.75, 3.05) is 6.54 Å². The molecule has 0 radical (unpaired) electrons. The summed E-state index contributed by atoms with van der Waals surface area (Å²) < 4.78 is 0. The van der Waals surface area contributed by atoms with Crippen molar-refractivity contribution in [1.82, 2.24) is 5.32 Å². The first kappa shape index (κ1) is 15.2. The Labute approximate surface area is 113 Å². The molecule has 0 bridgehead atoms. The van der Waals surface area contributed by atoms with Crippen LogP contribution in [0.1, 0.15) is 62.8 Å². The Morgan fingerprint density at radius 2 is 1.67 bits per heavy atom. The fraction of sp³-hybridized carbons (Fsp3) is 0.647. The molecule has 0 saturated heterocycles. The third-order valence-corrected chi connectivity index (χ3v) is 3.62. The molecule has 18 heavy (non-hydrogen) atoms. The summed E-state index contributed by atoms with van der Waals surface area (Å²) in [6.07, 6.45) is 3.88. The minimum Gasteiger partial charge on any atom is -0.310 e. The SMILES string of the molecule is CCNC(CCCC(C)C)c1c(C)cccc1C. The zero-order chi connectivity index (χ0) is 13.5. The molecule has 0 aromatic heterocycles. The molecule has 0 aliphatic heterocycles. The summed E-state index contributed by atoms with van der Waals surface area (Å²) in [5.41, 5.74) is 4.36. The maximum absolute atomic E-state index is 3.65. The second-order valence-electron chi connectivity index (χ2n) is 5.74.